The molecule has 0 aliphatic carbocycles. The van der Waals surface area contributed by atoms with Crippen molar-refractivity contribution in [3.8, 4) is 0 Å². The van der Waals surface area contributed by atoms with Gasteiger partial charge in [0.15, 0.2) is 5.69 Å². The molecule has 0 bridgehead atoms. The predicted octanol–water partition coefficient (Wildman–Crippen LogP) is 1.34. The summed E-state index contributed by atoms with van der Waals surface area (Å²) in [6.07, 6.45) is 1.72. The van der Waals surface area contributed by atoms with Crippen LogP contribution in [0.25, 0.3) is 10.9 Å². The van der Waals surface area contributed by atoms with Gasteiger partial charge >= 0.3 is 0 Å². The number of fused-ring (bicyclic) bond motifs is 1. The van der Waals surface area contributed by atoms with Crippen LogP contribution in [0.15, 0.2) is 18.2 Å². The van der Waals surface area contributed by atoms with E-state index in [0.717, 1.165) is 19.4 Å². The Labute approximate surface area is 126 Å². The number of piperidine rings is 1. The molecule has 3 N–H and O–H groups in total. The minimum Gasteiger partial charge on any atom is -0.348 e. The van der Waals surface area contributed by atoms with Crippen molar-refractivity contribution < 1.29 is 9.72 Å². The number of nitrogens with one attached hydrogen (secondary N) is 3. The van der Waals surface area contributed by atoms with Crippen molar-refractivity contribution in [1.29, 1.82) is 0 Å². The van der Waals surface area contributed by atoms with Crippen LogP contribution in [0.3, 0.4) is 0 Å². The van der Waals surface area contributed by atoms with Crippen molar-refractivity contribution in [1.82, 2.24) is 20.8 Å². The number of rotatable bonds is 3. The van der Waals surface area contributed by atoms with Gasteiger partial charge in [-0.25, -0.2) is 0 Å². The Balaban J connectivity index is 1.84. The van der Waals surface area contributed by atoms with Gasteiger partial charge in [-0.3, -0.25) is 20.0 Å². The lowest BCUT2D eigenvalue weighted by Gasteiger charge is -2.28. The van der Waals surface area contributed by atoms with Gasteiger partial charge in [-0.1, -0.05) is 0 Å². The minimum atomic E-state index is -0.484. The van der Waals surface area contributed by atoms with Gasteiger partial charge in [-0.15, -0.1) is 0 Å². The first-order chi connectivity index (χ1) is 10.5. The van der Waals surface area contributed by atoms with E-state index in [9.17, 15) is 14.9 Å². The molecular weight excluding hydrogens is 286 g/mol. The largest absolute Gasteiger partial charge is 0.348 e. The lowest BCUT2D eigenvalue weighted by molar-refractivity contribution is -0.384. The van der Waals surface area contributed by atoms with Crippen LogP contribution in [0.2, 0.25) is 0 Å². The molecule has 1 saturated heterocycles. The van der Waals surface area contributed by atoms with Gasteiger partial charge in [0.2, 0.25) is 0 Å². The van der Waals surface area contributed by atoms with E-state index in [0.29, 0.717) is 16.9 Å². The van der Waals surface area contributed by atoms with Crippen molar-refractivity contribution in [2.45, 2.75) is 31.8 Å². The van der Waals surface area contributed by atoms with Crippen molar-refractivity contribution in [3.05, 3.63) is 34.0 Å². The molecule has 2 unspecified atom stereocenters. The number of aromatic nitrogens is 2. The Morgan fingerprint density at radius 1 is 1.50 bits per heavy atom. The second kappa shape index (κ2) is 5.72. The van der Waals surface area contributed by atoms with Crippen LogP contribution in [-0.4, -0.2) is 39.7 Å². The second-order valence-electron chi connectivity index (χ2n) is 5.61. The molecule has 1 aliphatic rings. The van der Waals surface area contributed by atoms with Crippen LogP contribution < -0.4 is 10.6 Å². The maximum atomic E-state index is 12.4. The van der Waals surface area contributed by atoms with E-state index in [2.05, 4.69) is 27.8 Å². The SMILES string of the molecule is CC1CC(NC(=O)c2n[nH]c3ccc([N+](=O)[O-])cc23)CCN1. The molecule has 8 heteroatoms. The van der Waals surface area contributed by atoms with Crippen LogP contribution in [-0.2, 0) is 0 Å². The number of benzene rings is 1. The third-order valence-corrected chi connectivity index (χ3v) is 3.93. The average molecular weight is 303 g/mol. The lowest BCUT2D eigenvalue weighted by atomic mass is 10.0. The molecule has 116 valence electrons. The number of H-pyrrole nitrogens is 1. The molecule has 2 aromatic rings. The molecule has 1 aromatic heterocycles. The first-order valence-corrected chi connectivity index (χ1v) is 7.21. The van der Waals surface area contributed by atoms with Crippen molar-refractivity contribution in [2.24, 2.45) is 0 Å². The Morgan fingerprint density at radius 2 is 2.32 bits per heavy atom. The quantitative estimate of drug-likeness (QED) is 0.585. The summed E-state index contributed by atoms with van der Waals surface area (Å²) in [6.45, 7) is 2.94. The van der Waals surface area contributed by atoms with Crippen molar-refractivity contribution in [3.63, 3.8) is 0 Å². The summed E-state index contributed by atoms with van der Waals surface area (Å²) in [4.78, 5) is 22.8. The summed E-state index contributed by atoms with van der Waals surface area (Å²) in [5, 5.41) is 24.4. The van der Waals surface area contributed by atoms with Crippen LogP contribution >= 0.6 is 0 Å². The third-order valence-electron chi connectivity index (χ3n) is 3.93. The summed E-state index contributed by atoms with van der Waals surface area (Å²) >= 11 is 0. The third kappa shape index (κ3) is 2.77. The fourth-order valence-corrected chi connectivity index (χ4v) is 2.81. The number of nitrogens with zero attached hydrogens (tertiary/aromatic N) is 2. The molecule has 22 heavy (non-hydrogen) atoms. The zero-order valence-corrected chi connectivity index (χ0v) is 12.1. The predicted molar refractivity (Wildman–Crippen MR) is 80.7 cm³/mol. The fourth-order valence-electron chi connectivity index (χ4n) is 2.81. The molecule has 8 nitrogen and oxygen atoms in total. The minimum absolute atomic E-state index is 0.0570. The highest BCUT2D eigenvalue weighted by atomic mass is 16.6. The molecule has 0 saturated carbocycles. The molecule has 1 fully saturated rings. The maximum absolute atomic E-state index is 12.4. The molecule has 1 amide bonds. The van der Waals surface area contributed by atoms with Gasteiger partial charge in [0, 0.05) is 29.6 Å². The molecular formula is C14H17N5O3. The number of carbonyl (C=O) groups excluding carboxylic acids is 1. The average Bonchev–Trinajstić information content (AvgIpc) is 2.90. The van der Waals surface area contributed by atoms with Gasteiger partial charge in [0.25, 0.3) is 11.6 Å². The number of non-ortho nitro benzene ring substituents is 1. The number of hydrogen-bond donors (Lipinski definition) is 3. The highest BCUT2D eigenvalue weighted by Gasteiger charge is 2.23. The standard InChI is InChI=1S/C14H17N5O3/c1-8-6-9(4-5-15-8)16-14(20)13-11-7-10(19(21)22)2-3-12(11)17-18-13/h2-3,7-9,15H,4-6H2,1H3,(H,16,20)(H,17,18). The van der Waals surface area contributed by atoms with E-state index in [1.54, 1.807) is 6.07 Å². The van der Waals surface area contributed by atoms with Gasteiger partial charge in [-0.2, -0.15) is 5.10 Å². The van der Waals surface area contributed by atoms with Gasteiger partial charge in [0.1, 0.15) is 0 Å². The Bertz CT molecular complexity index is 726. The van der Waals surface area contributed by atoms with E-state index in [1.165, 1.54) is 12.1 Å². The summed E-state index contributed by atoms with van der Waals surface area (Å²) in [7, 11) is 0. The van der Waals surface area contributed by atoms with E-state index in [4.69, 9.17) is 0 Å². The summed E-state index contributed by atoms with van der Waals surface area (Å²) in [5.41, 5.74) is 0.748. The van der Waals surface area contributed by atoms with E-state index < -0.39 is 4.92 Å². The highest BCUT2D eigenvalue weighted by molar-refractivity contribution is 6.05. The number of aromatic amines is 1. The van der Waals surface area contributed by atoms with Crippen LogP contribution in [0.4, 0.5) is 5.69 Å². The number of hydrogen-bond acceptors (Lipinski definition) is 5. The van der Waals surface area contributed by atoms with Crippen LogP contribution in [0.1, 0.15) is 30.3 Å². The van der Waals surface area contributed by atoms with Crippen molar-refractivity contribution in [2.75, 3.05) is 6.54 Å². The van der Waals surface area contributed by atoms with E-state index in [1.807, 2.05) is 0 Å². The number of amides is 1. The Kier molecular flexibility index (Phi) is 3.76. The smallest absolute Gasteiger partial charge is 0.272 e. The number of nitro groups is 1. The molecule has 3 rings (SSSR count). The second-order valence-corrected chi connectivity index (χ2v) is 5.61. The zero-order valence-electron chi connectivity index (χ0n) is 12.1. The summed E-state index contributed by atoms with van der Waals surface area (Å²) in [5.74, 6) is -0.300. The van der Waals surface area contributed by atoms with Crippen LogP contribution in [0.5, 0.6) is 0 Å². The van der Waals surface area contributed by atoms with Crippen molar-refractivity contribution >= 4 is 22.5 Å². The normalized spacial score (nSPS) is 21.7. The van der Waals surface area contributed by atoms with Gasteiger partial charge < -0.3 is 10.6 Å². The van der Waals surface area contributed by atoms with E-state index >= 15 is 0 Å². The fraction of sp³-hybridized carbons (Fsp3) is 0.429. The molecule has 1 aliphatic heterocycles. The molecule has 2 atom stereocenters. The zero-order chi connectivity index (χ0) is 15.7. The van der Waals surface area contributed by atoms with Crippen LogP contribution in [0, 0.1) is 10.1 Å². The molecule has 2 heterocycles. The highest BCUT2D eigenvalue weighted by Crippen LogP contribution is 2.22. The monoisotopic (exact) mass is 303 g/mol. The van der Waals surface area contributed by atoms with Gasteiger partial charge in [0.05, 0.1) is 10.4 Å². The van der Waals surface area contributed by atoms with E-state index in [-0.39, 0.29) is 23.3 Å². The summed E-state index contributed by atoms with van der Waals surface area (Å²) < 4.78 is 0. The lowest BCUT2D eigenvalue weighted by Crippen LogP contribution is -2.46. The topological polar surface area (TPSA) is 113 Å². The number of carbonyl (C=O) groups is 1. The number of nitro benzene ring substituents is 1. The molecule has 0 radical (unpaired) electrons. The Hall–Kier alpha value is -2.48. The van der Waals surface area contributed by atoms with Gasteiger partial charge in [-0.05, 0) is 32.4 Å². The molecule has 0 spiro atoms. The molecule has 1 aromatic carbocycles. The first kappa shape index (κ1) is 14.5. The Morgan fingerprint density at radius 3 is 3.05 bits per heavy atom. The summed E-state index contributed by atoms with van der Waals surface area (Å²) in [6, 6.07) is 4.77. The first-order valence-electron chi connectivity index (χ1n) is 7.21. The maximum Gasteiger partial charge on any atom is 0.272 e.